The van der Waals surface area contributed by atoms with Crippen molar-refractivity contribution in [3.8, 4) is 5.75 Å². The summed E-state index contributed by atoms with van der Waals surface area (Å²) in [6, 6.07) is 18.5. The van der Waals surface area contributed by atoms with Crippen LogP contribution in [0.25, 0.3) is 0 Å². The molecule has 3 atom stereocenters. The number of carbonyl (C=O) groups excluding carboxylic acids is 1. The minimum atomic E-state index is 0.0591. The van der Waals surface area contributed by atoms with Crippen LogP contribution < -0.4 is 4.74 Å². The normalized spacial score (nSPS) is 23.7. The van der Waals surface area contributed by atoms with Crippen molar-refractivity contribution in [2.24, 2.45) is 11.8 Å². The molecule has 0 bridgehead atoms. The molecule has 0 unspecified atom stereocenters. The van der Waals surface area contributed by atoms with E-state index in [9.17, 15) is 4.79 Å². The SMILES string of the molecule is COc1ccc(CN2CC[C@@H]3[C@@H](CO[C@H]3CC(=O)N(C)Cc3ccccc3)C2)cc1. The van der Waals surface area contributed by atoms with Crippen molar-refractivity contribution in [3.05, 3.63) is 65.7 Å². The van der Waals surface area contributed by atoms with Gasteiger partial charge in [-0.1, -0.05) is 42.5 Å². The molecule has 2 heterocycles. The molecule has 2 aliphatic rings. The van der Waals surface area contributed by atoms with Crippen LogP contribution in [0.2, 0.25) is 0 Å². The number of rotatable bonds is 7. The van der Waals surface area contributed by atoms with Crippen molar-refractivity contribution in [1.82, 2.24) is 9.80 Å². The van der Waals surface area contributed by atoms with E-state index in [0.717, 1.165) is 44.0 Å². The van der Waals surface area contributed by atoms with Crippen LogP contribution in [0.1, 0.15) is 24.0 Å². The van der Waals surface area contributed by atoms with Gasteiger partial charge in [0.05, 0.1) is 26.2 Å². The van der Waals surface area contributed by atoms with E-state index in [1.165, 1.54) is 5.56 Å². The van der Waals surface area contributed by atoms with Gasteiger partial charge < -0.3 is 14.4 Å². The van der Waals surface area contributed by atoms with Gasteiger partial charge in [-0.05, 0) is 42.1 Å². The van der Waals surface area contributed by atoms with E-state index in [1.54, 1.807) is 7.11 Å². The van der Waals surface area contributed by atoms with E-state index in [-0.39, 0.29) is 12.0 Å². The highest BCUT2D eigenvalue weighted by molar-refractivity contribution is 5.76. The van der Waals surface area contributed by atoms with Crippen LogP contribution >= 0.6 is 0 Å². The Bertz CT molecular complexity index is 824. The van der Waals surface area contributed by atoms with E-state index in [1.807, 2.05) is 42.3 Å². The van der Waals surface area contributed by atoms with Crippen molar-refractivity contribution in [2.45, 2.75) is 32.0 Å². The highest BCUT2D eigenvalue weighted by atomic mass is 16.5. The number of piperidine rings is 1. The average molecular weight is 409 g/mol. The van der Waals surface area contributed by atoms with Gasteiger partial charge in [0.25, 0.3) is 0 Å². The summed E-state index contributed by atoms with van der Waals surface area (Å²) in [6.45, 7) is 4.47. The van der Waals surface area contributed by atoms with Crippen LogP contribution in [0.5, 0.6) is 5.75 Å². The number of nitrogens with zero attached hydrogens (tertiary/aromatic N) is 2. The number of amides is 1. The third-order valence-corrected chi connectivity index (χ3v) is 6.51. The summed E-state index contributed by atoms with van der Waals surface area (Å²) in [4.78, 5) is 17.1. The van der Waals surface area contributed by atoms with Gasteiger partial charge >= 0.3 is 0 Å². The zero-order valence-electron chi connectivity index (χ0n) is 18.0. The summed E-state index contributed by atoms with van der Waals surface area (Å²) in [5, 5.41) is 0. The van der Waals surface area contributed by atoms with Crippen molar-refractivity contribution >= 4 is 5.91 Å². The van der Waals surface area contributed by atoms with Crippen molar-refractivity contribution in [3.63, 3.8) is 0 Å². The Labute approximate surface area is 179 Å². The van der Waals surface area contributed by atoms with Gasteiger partial charge in [0.2, 0.25) is 5.91 Å². The lowest BCUT2D eigenvalue weighted by molar-refractivity contribution is -0.133. The molecule has 2 aromatic carbocycles. The summed E-state index contributed by atoms with van der Waals surface area (Å²) in [7, 11) is 3.58. The number of fused-ring (bicyclic) bond motifs is 1. The Balaban J connectivity index is 1.27. The lowest BCUT2D eigenvalue weighted by Crippen LogP contribution is -2.42. The molecule has 5 nitrogen and oxygen atoms in total. The molecule has 2 saturated heterocycles. The lowest BCUT2D eigenvalue weighted by atomic mass is 9.83. The molecule has 0 saturated carbocycles. The molecular weight excluding hydrogens is 376 g/mol. The van der Waals surface area contributed by atoms with Crippen LogP contribution in [0.15, 0.2) is 54.6 Å². The monoisotopic (exact) mass is 408 g/mol. The summed E-state index contributed by atoms with van der Waals surface area (Å²) >= 11 is 0. The van der Waals surface area contributed by atoms with Crippen LogP contribution in [0, 0.1) is 11.8 Å². The highest BCUT2D eigenvalue weighted by Gasteiger charge is 2.41. The van der Waals surface area contributed by atoms with Gasteiger partial charge in [0.15, 0.2) is 0 Å². The number of hydrogen-bond donors (Lipinski definition) is 0. The lowest BCUT2D eigenvalue weighted by Gasteiger charge is -2.35. The Kier molecular flexibility index (Phi) is 6.70. The maximum Gasteiger partial charge on any atom is 0.225 e. The highest BCUT2D eigenvalue weighted by Crippen LogP contribution is 2.36. The van der Waals surface area contributed by atoms with E-state index < -0.39 is 0 Å². The third-order valence-electron chi connectivity index (χ3n) is 6.51. The summed E-state index contributed by atoms with van der Waals surface area (Å²) in [6.07, 6.45) is 1.65. The first-order valence-corrected chi connectivity index (χ1v) is 10.9. The second-order valence-corrected chi connectivity index (χ2v) is 8.61. The average Bonchev–Trinajstić information content (AvgIpc) is 3.17. The van der Waals surface area contributed by atoms with E-state index in [4.69, 9.17) is 9.47 Å². The van der Waals surface area contributed by atoms with Crippen molar-refractivity contribution in [1.29, 1.82) is 0 Å². The molecule has 1 amide bonds. The molecule has 4 rings (SSSR count). The van der Waals surface area contributed by atoms with Gasteiger partial charge in [0, 0.05) is 32.6 Å². The Morgan fingerprint density at radius 3 is 2.63 bits per heavy atom. The molecule has 2 fully saturated rings. The maximum atomic E-state index is 12.8. The van der Waals surface area contributed by atoms with Crippen LogP contribution in [-0.4, -0.2) is 55.7 Å². The molecule has 0 spiro atoms. The molecule has 0 N–H and O–H groups in total. The molecule has 0 radical (unpaired) electrons. The molecule has 2 aromatic rings. The predicted octanol–water partition coefficient (Wildman–Crippen LogP) is 3.58. The fourth-order valence-corrected chi connectivity index (χ4v) is 4.78. The number of likely N-dealkylation sites (tertiary alicyclic amines) is 1. The number of carbonyl (C=O) groups is 1. The summed E-state index contributed by atoms with van der Waals surface area (Å²) < 4.78 is 11.4. The minimum Gasteiger partial charge on any atom is -0.497 e. The fraction of sp³-hybridized carbons (Fsp3) is 0.480. The molecular formula is C25H32N2O3. The zero-order valence-corrected chi connectivity index (χ0v) is 18.0. The molecule has 0 aromatic heterocycles. The first-order valence-electron chi connectivity index (χ1n) is 10.9. The Morgan fingerprint density at radius 2 is 1.90 bits per heavy atom. The maximum absolute atomic E-state index is 12.8. The quantitative estimate of drug-likeness (QED) is 0.702. The van der Waals surface area contributed by atoms with Crippen LogP contribution in [-0.2, 0) is 22.6 Å². The van der Waals surface area contributed by atoms with Gasteiger partial charge in [0.1, 0.15) is 5.75 Å². The first kappa shape index (κ1) is 20.9. The van der Waals surface area contributed by atoms with Gasteiger partial charge in [-0.3, -0.25) is 9.69 Å². The number of benzene rings is 2. The second kappa shape index (κ2) is 9.63. The number of ether oxygens (including phenoxy) is 2. The predicted molar refractivity (Wildman–Crippen MR) is 117 cm³/mol. The smallest absolute Gasteiger partial charge is 0.225 e. The second-order valence-electron chi connectivity index (χ2n) is 8.61. The number of hydrogen-bond acceptors (Lipinski definition) is 4. The van der Waals surface area contributed by atoms with Crippen LogP contribution in [0.3, 0.4) is 0 Å². The molecule has 0 aliphatic carbocycles. The minimum absolute atomic E-state index is 0.0591. The topological polar surface area (TPSA) is 42.0 Å². The van der Waals surface area contributed by atoms with Crippen molar-refractivity contribution < 1.29 is 14.3 Å². The van der Waals surface area contributed by atoms with Gasteiger partial charge in [-0.15, -0.1) is 0 Å². The Hall–Kier alpha value is -2.37. The largest absolute Gasteiger partial charge is 0.497 e. The first-order chi connectivity index (χ1) is 14.6. The number of methoxy groups -OCH3 is 1. The summed E-state index contributed by atoms with van der Waals surface area (Å²) in [5.74, 6) is 2.08. The summed E-state index contributed by atoms with van der Waals surface area (Å²) in [5.41, 5.74) is 2.47. The van der Waals surface area contributed by atoms with Crippen LogP contribution in [0.4, 0.5) is 0 Å². The van der Waals surface area contributed by atoms with E-state index in [0.29, 0.717) is 24.8 Å². The zero-order chi connectivity index (χ0) is 20.9. The van der Waals surface area contributed by atoms with E-state index in [2.05, 4.69) is 29.2 Å². The fourth-order valence-electron chi connectivity index (χ4n) is 4.78. The van der Waals surface area contributed by atoms with Gasteiger partial charge in [-0.25, -0.2) is 0 Å². The third kappa shape index (κ3) is 5.02. The molecule has 5 heteroatoms. The molecule has 160 valence electrons. The van der Waals surface area contributed by atoms with Crippen molar-refractivity contribution in [2.75, 3.05) is 33.9 Å². The van der Waals surface area contributed by atoms with Gasteiger partial charge in [-0.2, -0.15) is 0 Å². The standard InChI is InChI=1S/C25H32N2O3/c1-26(15-19-6-4-3-5-7-19)25(28)14-24-23-12-13-27(17-21(23)18-30-24)16-20-8-10-22(29-2)11-9-20/h3-11,21,23-24H,12-18H2,1-2H3/t21-,23-,24+/m1/s1. The molecule has 2 aliphatic heterocycles. The van der Waals surface area contributed by atoms with E-state index >= 15 is 0 Å². The molecule has 30 heavy (non-hydrogen) atoms. The Morgan fingerprint density at radius 1 is 1.13 bits per heavy atom.